The van der Waals surface area contributed by atoms with Gasteiger partial charge in [0.1, 0.15) is 0 Å². The molecule has 0 aliphatic rings. The molecule has 82 valence electrons. The zero-order valence-electron chi connectivity index (χ0n) is 9.47. The van der Waals surface area contributed by atoms with E-state index in [1.165, 1.54) is 0 Å². The van der Waals surface area contributed by atoms with Gasteiger partial charge in [-0.2, -0.15) is 0 Å². The van der Waals surface area contributed by atoms with Crippen LogP contribution < -0.4 is 0 Å². The van der Waals surface area contributed by atoms with Gasteiger partial charge < -0.3 is 5.11 Å². The van der Waals surface area contributed by atoms with Gasteiger partial charge in [-0.3, -0.25) is 4.79 Å². The molecule has 2 nitrogen and oxygen atoms in total. The maximum absolute atomic E-state index is 11.9. The van der Waals surface area contributed by atoms with Crippen LogP contribution in [0, 0.1) is 11.8 Å². The first kappa shape index (κ1) is 11.9. The number of aliphatic hydroxyl groups is 1. The van der Waals surface area contributed by atoms with E-state index in [2.05, 4.69) is 0 Å². The molecule has 1 aromatic carbocycles. The molecule has 0 spiro atoms. The molecule has 0 amide bonds. The Morgan fingerprint density at radius 1 is 1.13 bits per heavy atom. The van der Waals surface area contributed by atoms with Crippen LogP contribution in [0.2, 0.25) is 0 Å². The van der Waals surface area contributed by atoms with Crippen LogP contribution in [0.3, 0.4) is 0 Å². The van der Waals surface area contributed by atoms with Gasteiger partial charge in [-0.25, -0.2) is 0 Å². The Bertz CT molecular complexity index is 317. The lowest BCUT2D eigenvalue weighted by molar-refractivity contribution is 0.0552. The summed E-state index contributed by atoms with van der Waals surface area (Å²) in [5.74, 6) is -0.225. The molecule has 2 heteroatoms. The first-order valence-corrected chi connectivity index (χ1v) is 5.31. The van der Waals surface area contributed by atoms with E-state index in [0.29, 0.717) is 5.56 Å². The summed E-state index contributed by atoms with van der Waals surface area (Å²) in [6, 6.07) is 9.11. The van der Waals surface area contributed by atoms with Gasteiger partial charge >= 0.3 is 0 Å². The number of hydrogen-bond acceptors (Lipinski definition) is 2. The van der Waals surface area contributed by atoms with Crippen molar-refractivity contribution < 1.29 is 9.90 Å². The molecule has 0 aliphatic carbocycles. The average molecular weight is 206 g/mol. The van der Waals surface area contributed by atoms with Crippen LogP contribution in [0.25, 0.3) is 0 Å². The molecule has 0 unspecified atom stereocenters. The fourth-order valence-corrected chi connectivity index (χ4v) is 1.60. The highest BCUT2D eigenvalue weighted by Gasteiger charge is 2.25. The van der Waals surface area contributed by atoms with Crippen LogP contribution in [0.5, 0.6) is 0 Å². The number of Topliss-reactive ketones (excluding diaryl/α,β-unsaturated/α-hetero) is 1. The van der Waals surface area contributed by atoms with Crippen molar-refractivity contribution in [1.29, 1.82) is 0 Å². The van der Waals surface area contributed by atoms with Crippen molar-refractivity contribution in [2.24, 2.45) is 11.8 Å². The lowest BCUT2D eigenvalue weighted by Crippen LogP contribution is -2.30. The third-order valence-corrected chi connectivity index (χ3v) is 2.67. The fraction of sp³-hybridized carbons (Fsp3) is 0.462. The van der Waals surface area contributed by atoms with Gasteiger partial charge in [-0.05, 0) is 5.92 Å². The molecule has 0 aliphatic heterocycles. The minimum absolute atomic E-state index is 0.0109. The highest BCUT2D eigenvalue weighted by Crippen LogP contribution is 2.17. The third kappa shape index (κ3) is 2.90. The number of carbonyl (C=O) groups is 1. The van der Waals surface area contributed by atoms with Gasteiger partial charge in [-0.1, -0.05) is 51.1 Å². The van der Waals surface area contributed by atoms with Gasteiger partial charge in [0.2, 0.25) is 0 Å². The Labute approximate surface area is 90.9 Å². The predicted molar refractivity (Wildman–Crippen MR) is 60.8 cm³/mol. The summed E-state index contributed by atoms with van der Waals surface area (Å²) in [5.41, 5.74) is 0.671. The zero-order chi connectivity index (χ0) is 11.4. The van der Waals surface area contributed by atoms with Gasteiger partial charge in [-0.15, -0.1) is 0 Å². The summed E-state index contributed by atoms with van der Waals surface area (Å²) in [4.78, 5) is 11.9. The number of ketones is 1. The monoisotopic (exact) mass is 206 g/mol. The minimum Gasteiger partial charge on any atom is -0.392 e. The Kier molecular flexibility index (Phi) is 4.04. The molecule has 15 heavy (non-hydrogen) atoms. The Morgan fingerprint density at radius 3 is 2.13 bits per heavy atom. The predicted octanol–water partition coefficient (Wildman–Crippen LogP) is 2.52. The maximum Gasteiger partial charge on any atom is 0.168 e. The van der Waals surface area contributed by atoms with E-state index >= 15 is 0 Å². The van der Waals surface area contributed by atoms with E-state index in [-0.39, 0.29) is 17.6 Å². The highest BCUT2D eigenvalue weighted by atomic mass is 16.3. The standard InChI is InChI=1S/C13H18O2/c1-9(2)12(14)10(3)13(15)11-7-5-4-6-8-11/h4-10,12,14H,1-3H3/t10-,12+/m0/s1. The van der Waals surface area contributed by atoms with Gasteiger partial charge in [0.05, 0.1) is 6.10 Å². The SMILES string of the molecule is CC(C)[C@@H](O)[C@H](C)C(=O)c1ccccc1. The molecular formula is C13H18O2. The van der Waals surface area contributed by atoms with E-state index in [4.69, 9.17) is 0 Å². The van der Waals surface area contributed by atoms with E-state index in [9.17, 15) is 9.90 Å². The Morgan fingerprint density at radius 2 is 1.67 bits per heavy atom. The number of benzene rings is 1. The maximum atomic E-state index is 11.9. The summed E-state index contributed by atoms with van der Waals surface area (Å²) >= 11 is 0. The molecule has 1 N–H and O–H groups in total. The van der Waals surface area contributed by atoms with Crippen molar-refractivity contribution in [3.8, 4) is 0 Å². The molecular weight excluding hydrogens is 188 g/mol. The highest BCUT2D eigenvalue weighted by molar-refractivity contribution is 5.97. The molecule has 0 fully saturated rings. The molecule has 2 atom stereocenters. The lowest BCUT2D eigenvalue weighted by Gasteiger charge is -2.20. The molecule has 0 heterocycles. The molecule has 1 rings (SSSR count). The zero-order valence-corrected chi connectivity index (χ0v) is 9.47. The summed E-state index contributed by atoms with van der Waals surface area (Å²) in [6.45, 7) is 5.61. The molecule has 0 saturated carbocycles. The van der Waals surface area contributed by atoms with E-state index in [1.807, 2.05) is 32.0 Å². The van der Waals surface area contributed by atoms with Gasteiger partial charge in [0.15, 0.2) is 5.78 Å². The second kappa shape index (κ2) is 5.08. The fourth-order valence-electron chi connectivity index (χ4n) is 1.60. The van der Waals surface area contributed by atoms with Crippen LogP contribution >= 0.6 is 0 Å². The second-order valence-electron chi connectivity index (χ2n) is 4.25. The first-order chi connectivity index (χ1) is 7.04. The van der Waals surface area contributed by atoms with Crippen molar-refractivity contribution in [3.05, 3.63) is 35.9 Å². The van der Waals surface area contributed by atoms with Crippen molar-refractivity contribution in [2.75, 3.05) is 0 Å². The van der Waals surface area contributed by atoms with E-state index < -0.39 is 6.10 Å². The topological polar surface area (TPSA) is 37.3 Å². The smallest absolute Gasteiger partial charge is 0.168 e. The second-order valence-corrected chi connectivity index (χ2v) is 4.25. The molecule has 0 aromatic heterocycles. The summed E-state index contributed by atoms with van der Waals surface area (Å²) in [7, 11) is 0. The molecule has 0 saturated heterocycles. The number of carbonyl (C=O) groups excluding carboxylic acids is 1. The number of rotatable bonds is 4. The largest absolute Gasteiger partial charge is 0.392 e. The summed E-state index contributed by atoms with van der Waals surface area (Å²) in [6.07, 6.45) is -0.572. The van der Waals surface area contributed by atoms with Crippen molar-refractivity contribution in [2.45, 2.75) is 26.9 Å². The minimum atomic E-state index is -0.572. The van der Waals surface area contributed by atoms with Gasteiger partial charge in [0, 0.05) is 11.5 Å². The number of hydrogen-bond donors (Lipinski definition) is 1. The molecule has 1 aromatic rings. The van der Waals surface area contributed by atoms with Crippen molar-refractivity contribution in [3.63, 3.8) is 0 Å². The van der Waals surface area contributed by atoms with E-state index in [1.54, 1.807) is 19.1 Å². The van der Waals surface area contributed by atoms with E-state index in [0.717, 1.165) is 0 Å². The average Bonchev–Trinajstić information content (AvgIpc) is 2.27. The summed E-state index contributed by atoms with van der Waals surface area (Å²) in [5, 5.41) is 9.81. The van der Waals surface area contributed by atoms with Crippen LogP contribution in [0.15, 0.2) is 30.3 Å². The quantitative estimate of drug-likeness (QED) is 0.769. The Hall–Kier alpha value is -1.15. The molecule has 0 bridgehead atoms. The number of aliphatic hydroxyl groups excluding tert-OH is 1. The van der Waals surface area contributed by atoms with Crippen molar-refractivity contribution >= 4 is 5.78 Å². The van der Waals surface area contributed by atoms with Crippen molar-refractivity contribution in [1.82, 2.24) is 0 Å². The van der Waals surface area contributed by atoms with Crippen LogP contribution in [0.4, 0.5) is 0 Å². The normalized spacial score (nSPS) is 15.0. The van der Waals surface area contributed by atoms with Gasteiger partial charge in [0.25, 0.3) is 0 Å². The third-order valence-electron chi connectivity index (χ3n) is 2.67. The summed E-state index contributed by atoms with van der Waals surface area (Å²) < 4.78 is 0. The van der Waals surface area contributed by atoms with Crippen LogP contribution in [-0.4, -0.2) is 17.0 Å². The Balaban J connectivity index is 2.78. The first-order valence-electron chi connectivity index (χ1n) is 5.31. The van der Waals surface area contributed by atoms with Crippen LogP contribution in [-0.2, 0) is 0 Å². The molecule has 0 radical (unpaired) electrons. The lowest BCUT2D eigenvalue weighted by atomic mass is 9.88. The van der Waals surface area contributed by atoms with Crippen LogP contribution in [0.1, 0.15) is 31.1 Å².